The number of fused-ring (bicyclic) bond motifs is 1. The Kier molecular flexibility index (Phi) is 4.95. The molecular formula is C11H12N4S4. The van der Waals surface area contributed by atoms with E-state index in [1.54, 1.807) is 23.5 Å². The van der Waals surface area contributed by atoms with Gasteiger partial charge in [-0.25, -0.2) is 9.97 Å². The highest BCUT2D eigenvalue weighted by atomic mass is 32.2. The van der Waals surface area contributed by atoms with Gasteiger partial charge in [0.05, 0.1) is 9.13 Å². The van der Waals surface area contributed by atoms with Gasteiger partial charge in [-0.2, -0.15) is 5.26 Å². The number of anilines is 1. The summed E-state index contributed by atoms with van der Waals surface area (Å²) in [5, 5.41) is 10.9. The fraction of sp³-hybridized carbons (Fsp3) is 0.364. The molecule has 1 aromatic rings. The molecule has 0 bridgehead atoms. The standard InChI is InChI=1S/C11H12N4S4/c1-15(2)8-7-9(14-11(13-8)17-4)19-10(16-3)6(5-12)18-7/h1-4H3. The molecule has 0 N–H and O–H groups in total. The largest absolute Gasteiger partial charge is 0.362 e. The maximum absolute atomic E-state index is 9.23. The molecule has 0 radical (unpaired) electrons. The van der Waals surface area contributed by atoms with E-state index in [1.807, 2.05) is 31.5 Å². The molecule has 0 amide bonds. The Morgan fingerprint density at radius 1 is 1.16 bits per heavy atom. The van der Waals surface area contributed by atoms with E-state index in [0.717, 1.165) is 30.0 Å². The van der Waals surface area contributed by atoms with Crippen molar-refractivity contribution in [3.05, 3.63) is 9.14 Å². The average molecular weight is 329 g/mol. The summed E-state index contributed by atoms with van der Waals surface area (Å²) < 4.78 is 1.01. The Hall–Kier alpha value is -0.490. The molecule has 0 spiro atoms. The van der Waals surface area contributed by atoms with Crippen molar-refractivity contribution in [3.63, 3.8) is 0 Å². The van der Waals surface area contributed by atoms with Crippen LogP contribution < -0.4 is 4.90 Å². The van der Waals surface area contributed by atoms with Crippen molar-refractivity contribution in [1.82, 2.24) is 9.97 Å². The third-order valence-corrected chi connectivity index (χ3v) is 6.49. The van der Waals surface area contributed by atoms with Gasteiger partial charge in [-0.15, -0.1) is 11.8 Å². The summed E-state index contributed by atoms with van der Waals surface area (Å²) in [6.07, 6.45) is 3.95. The van der Waals surface area contributed by atoms with E-state index in [1.165, 1.54) is 23.5 Å². The zero-order chi connectivity index (χ0) is 14.0. The highest BCUT2D eigenvalue weighted by Gasteiger charge is 2.26. The summed E-state index contributed by atoms with van der Waals surface area (Å²) in [5.41, 5.74) is 0. The monoisotopic (exact) mass is 328 g/mol. The number of thioether (sulfide) groups is 4. The molecule has 0 aromatic carbocycles. The predicted molar refractivity (Wildman–Crippen MR) is 86.0 cm³/mol. The third-order valence-electron chi connectivity index (χ3n) is 2.27. The van der Waals surface area contributed by atoms with Crippen LogP contribution in [-0.2, 0) is 0 Å². The zero-order valence-electron chi connectivity index (χ0n) is 10.9. The van der Waals surface area contributed by atoms with Crippen molar-refractivity contribution < 1.29 is 0 Å². The molecule has 0 fully saturated rings. The van der Waals surface area contributed by atoms with Gasteiger partial charge >= 0.3 is 0 Å². The van der Waals surface area contributed by atoms with Crippen molar-refractivity contribution in [2.75, 3.05) is 31.5 Å². The number of hydrogen-bond acceptors (Lipinski definition) is 8. The first-order chi connectivity index (χ1) is 9.10. The van der Waals surface area contributed by atoms with Crippen LogP contribution in [0.25, 0.3) is 0 Å². The van der Waals surface area contributed by atoms with E-state index < -0.39 is 0 Å². The molecule has 0 atom stereocenters. The van der Waals surface area contributed by atoms with Crippen LogP contribution in [0.15, 0.2) is 24.2 Å². The van der Waals surface area contributed by atoms with Crippen LogP contribution in [-0.4, -0.2) is 36.6 Å². The Bertz CT molecular complexity index is 577. The molecule has 1 aliphatic rings. The number of allylic oxidation sites excluding steroid dienone is 1. The maximum Gasteiger partial charge on any atom is 0.190 e. The SMILES string of the molecule is CSC1=C(C#N)Sc2c(nc(SC)nc2N(C)C)S1. The predicted octanol–water partition coefficient (Wildman–Crippen LogP) is 3.52. The molecule has 1 aromatic heterocycles. The molecule has 19 heavy (non-hydrogen) atoms. The lowest BCUT2D eigenvalue weighted by Gasteiger charge is -2.22. The summed E-state index contributed by atoms with van der Waals surface area (Å²) in [7, 11) is 3.91. The zero-order valence-corrected chi connectivity index (χ0v) is 14.2. The minimum absolute atomic E-state index is 0.730. The molecule has 8 heteroatoms. The van der Waals surface area contributed by atoms with Gasteiger partial charge in [-0.05, 0) is 12.5 Å². The topological polar surface area (TPSA) is 52.8 Å². The highest BCUT2D eigenvalue weighted by Crippen LogP contribution is 2.51. The minimum atomic E-state index is 0.730. The van der Waals surface area contributed by atoms with E-state index in [9.17, 15) is 5.26 Å². The first-order valence-electron chi connectivity index (χ1n) is 5.28. The quantitative estimate of drug-likeness (QED) is 0.474. The van der Waals surface area contributed by atoms with Crippen LogP contribution in [0.3, 0.4) is 0 Å². The van der Waals surface area contributed by atoms with Gasteiger partial charge in [0.15, 0.2) is 5.16 Å². The molecule has 0 saturated heterocycles. The first kappa shape index (κ1) is 14.9. The van der Waals surface area contributed by atoms with Crippen molar-refractivity contribution in [1.29, 1.82) is 5.26 Å². The second-order valence-corrected chi connectivity index (χ2v) is 7.57. The summed E-state index contributed by atoms with van der Waals surface area (Å²) in [4.78, 5) is 12.8. The fourth-order valence-corrected chi connectivity index (χ4v) is 4.94. The Morgan fingerprint density at radius 3 is 2.42 bits per heavy atom. The lowest BCUT2D eigenvalue weighted by Crippen LogP contribution is -2.14. The van der Waals surface area contributed by atoms with E-state index in [0.29, 0.717) is 0 Å². The fourth-order valence-electron chi connectivity index (χ4n) is 1.43. The van der Waals surface area contributed by atoms with Gasteiger partial charge in [0.1, 0.15) is 21.8 Å². The lowest BCUT2D eigenvalue weighted by molar-refractivity contribution is 0.820. The minimum Gasteiger partial charge on any atom is -0.362 e. The number of rotatable bonds is 3. The van der Waals surface area contributed by atoms with Gasteiger partial charge in [-0.3, -0.25) is 0 Å². The van der Waals surface area contributed by atoms with Crippen molar-refractivity contribution in [2.45, 2.75) is 15.1 Å². The van der Waals surface area contributed by atoms with Crippen molar-refractivity contribution in [2.24, 2.45) is 0 Å². The Labute approximate surface area is 129 Å². The number of aromatic nitrogens is 2. The lowest BCUT2D eigenvalue weighted by atomic mass is 10.5. The summed E-state index contributed by atoms with van der Waals surface area (Å²) in [6, 6.07) is 2.26. The van der Waals surface area contributed by atoms with Crippen LogP contribution in [0.1, 0.15) is 0 Å². The molecule has 2 rings (SSSR count). The van der Waals surface area contributed by atoms with E-state index >= 15 is 0 Å². The van der Waals surface area contributed by atoms with E-state index in [-0.39, 0.29) is 0 Å². The Morgan fingerprint density at radius 2 is 1.89 bits per heavy atom. The highest BCUT2D eigenvalue weighted by molar-refractivity contribution is 8.23. The normalized spacial score (nSPS) is 14.1. The summed E-state index contributed by atoms with van der Waals surface area (Å²) >= 11 is 6.14. The van der Waals surface area contributed by atoms with Crippen molar-refractivity contribution >= 4 is 52.9 Å². The van der Waals surface area contributed by atoms with Gasteiger partial charge < -0.3 is 4.90 Å². The van der Waals surface area contributed by atoms with Gasteiger partial charge in [0.25, 0.3) is 0 Å². The summed E-state index contributed by atoms with van der Waals surface area (Å²) in [6.45, 7) is 0. The van der Waals surface area contributed by atoms with Crippen molar-refractivity contribution in [3.8, 4) is 6.07 Å². The Balaban J connectivity index is 2.55. The molecule has 2 heterocycles. The smallest absolute Gasteiger partial charge is 0.190 e. The van der Waals surface area contributed by atoms with Crippen LogP contribution in [0.5, 0.6) is 0 Å². The molecule has 0 unspecified atom stereocenters. The van der Waals surface area contributed by atoms with Gasteiger partial charge in [-0.1, -0.05) is 35.3 Å². The second-order valence-electron chi connectivity index (χ2n) is 3.70. The van der Waals surface area contributed by atoms with E-state index in [2.05, 4.69) is 16.0 Å². The second kappa shape index (κ2) is 6.31. The molecule has 0 saturated carbocycles. The average Bonchev–Trinajstić information content (AvgIpc) is 2.44. The maximum atomic E-state index is 9.23. The number of hydrogen-bond donors (Lipinski definition) is 0. The number of nitriles is 1. The van der Waals surface area contributed by atoms with Crippen LogP contribution in [0.4, 0.5) is 5.82 Å². The van der Waals surface area contributed by atoms with Crippen LogP contribution in [0.2, 0.25) is 0 Å². The third kappa shape index (κ3) is 2.99. The number of nitrogens with zero attached hydrogens (tertiary/aromatic N) is 4. The molecule has 4 nitrogen and oxygen atoms in total. The van der Waals surface area contributed by atoms with Crippen LogP contribution >= 0.6 is 47.0 Å². The molecule has 1 aliphatic heterocycles. The van der Waals surface area contributed by atoms with E-state index in [4.69, 9.17) is 0 Å². The van der Waals surface area contributed by atoms with Gasteiger partial charge in [0, 0.05) is 14.1 Å². The molecule has 100 valence electrons. The molecule has 0 aliphatic carbocycles. The molecular weight excluding hydrogens is 316 g/mol. The van der Waals surface area contributed by atoms with Crippen LogP contribution in [0, 0.1) is 11.3 Å². The summed E-state index contributed by atoms with van der Waals surface area (Å²) in [5.74, 6) is 0.875. The first-order valence-corrected chi connectivity index (χ1v) is 9.36. The van der Waals surface area contributed by atoms with Gasteiger partial charge in [0.2, 0.25) is 0 Å².